The van der Waals surface area contributed by atoms with E-state index < -0.39 is 23.1 Å². The number of aliphatic hydroxyl groups is 1. The number of hydrogen-bond donors (Lipinski definition) is 3. The van der Waals surface area contributed by atoms with E-state index in [9.17, 15) is 23.4 Å². The lowest BCUT2D eigenvalue weighted by molar-refractivity contribution is -0.137. The molecule has 26 heavy (non-hydrogen) atoms. The molecule has 5 nitrogen and oxygen atoms in total. The molecule has 1 aromatic heterocycles. The molecule has 0 unspecified atom stereocenters. The molecule has 0 spiro atoms. The van der Waals surface area contributed by atoms with Crippen LogP contribution in [0.15, 0.2) is 18.2 Å². The number of phenols is 1. The molecule has 1 fully saturated rings. The van der Waals surface area contributed by atoms with Crippen LogP contribution >= 0.6 is 0 Å². The number of nitrogens with zero attached hydrogens (tertiary/aromatic N) is 2. The lowest BCUT2D eigenvalue weighted by atomic mass is 9.77. The minimum atomic E-state index is -4.53. The van der Waals surface area contributed by atoms with Crippen LogP contribution in [-0.4, -0.2) is 32.1 Å². The second-order valence-electron chi connectivity index (χ2n) is 7.19. The molecule has 0 amide bonds. The van der Waals surface area contributed by atoms with Crippen molar-refractivity contribution in [3.63, 3.8) is 0 Å². The minimum absolute atomic E-state index is 0.102. The Labute approximate surface area is 148 Å². The molecule has 0 atom stereocenters. The zero-order valence-corrected chi connectivity index (χ0v) is 14.6. The van der Waals surface area contributed by atoms with Gasteiger partial charge in [-0.25, -0.2) is 0 Å². The van der Waals surface area contributed by atoms with Crippen molar-refractivity contribution >= 4 is 5.82 Å². The highest BCUT2D eigenvalue weighted by atomic mass is 19.4. The largest absolute Gasteiger partial charge is 0.507 e. The summed E-state index contributed by atoms with van der Waals surface area (Å²) in [6.07, 6.45) is -3.32. The monoisotopic (exact) mass is 367 g/mol. The highest BCUT2D eigenvalue weighted by Gasteiger charge is 2.38. The molecule has 0 saturated heterocycles. The highest BCUT2D eigenvalue weighted by molar-refractivity contribution is 5.72. The smallest absolute Gasteiger partial charge is 0.416 e. The molecule has 140 valence electrons. The highest BCUT2D eigenvalue weighted by Crippen LogP contribution is 2.39. The van der Waals surface area contributed by atoms with Crippen LogP contribution in [0.2, 0.25) is 0 Å². The number of benzene rings is 1. The van der Waals surface area contributed by atoms with Crippen molar-refractivity contribution in [1.29, 1.82) is 0 Å². The van der Waals surface area contributed by atoms with Gasteiger partial charge in [-0.2, -0.15) is 13.2 Å². The van der Waals surface area contributed by atoms with Crippen LogP contribution in [0.25, 0.3) is 11.3 Å². The number of aryl methyl sites for hydroxylation is 2. The first-order chi connectivity index (χ1) is 12.0. The van der Waals surface area contributed by atoms with Gasteiger partial charge in [-0.05, 0) is 62.9 Å². The Bertz CT molecular complexity index is 819. The van der Waals surface area contributed by atoms with Gasteiger partial charge in [0.1, 0.15) is 5.75 Å². The molecule has 1 aliphatic carbocycles. The van der Waals surface area contributed by atoms with E-state index in [4.69, 9.17) is 0 Å². The number of hydrogen-bond acceptors (Lipinski definition) is 5. The Hall–Kier alpha value is -2.35. The molecule has 1 heterocycles. The fourth-order valence-corrected chi connectivity index (χ4v) is 3.31. The van der Waals surface area contributed by atoms with Gasteiger partial charge in [0, 0.05) is 11.6 Å². The molecular weight excluding hydrogens is 347 g/mol. The molecule has 2 aromatic rings. The second-order valence-corrected chi connectivity index (χ2v) is 7.19. The molecule has 3 rings (SSSR count). The number of phenolic OH excluding ortho intramolecular Hbond substituents is 1. The predicted octanol–water partition coefficient (Wildman–Crippen LogP) is 3.81. The Morgan fingerprint density at radius 2 is 1.77 bits per heavy atom. The van der Waals surface area contributed by atoms with Gasteiger partial charge in [-0.3, -0.25) is 0 Å². The van der Waals surface area contributed by atoms with Gasteiger partial charge in [-0.15, -0.1) is 10.2 Å². The number of nitrogens with one attached hydrogen (secondary N) is 1. The van der Waals surface area contributed by atoms with Crippen LogP contribution in [-0.2, 0) is 6.18 Å². The summed E-state index contributed by atoms with van der Waals surface area (Å²) in [6, 6.07) is 3.45. The molecule has 0 radical (unpaired) electrons. The first kappa shape index (κ1) is 18.4. The van der Waals surface area contributed by atoms with E-state index in [2.05, 4.69) is 15.5 Å². The van der Waals surface area contributed by atoms with Gasteiger partial charge >= 0.3 is 6.18 Å². The van der Waals surface area contributed by atoms with Crippen molar-refractivity contribution in [3.05, 3.63) is 34.9 Å². The Balaban J connectivity index is 1.88. The molecule has 0 aliphatic heterocycles. The van der Waals surface area contributed by atoms with Crippen molar-refractivity contribution in [2.45, 2.75) is 51.4 Å². The van der Waals surface area contributed by atoms with Crippen molar-refractivity contribution in [1.82, 2.24) is 10.2 Å². The summed E-state index contributed by atoms with van der Waals surface area (Å²) >= 11 is 0. The van der Waals surface area contributed by atoms with E-state index in [0.29, 0.717) is 30.4 Å². The lowest BCUT2D eigenvalue weighted by Crippen LogP contribution is -2.48. The third kappa shape index (κ3) is 3.60. The zero-order chi connectivity index (χ0) is 19.3. The quantitative estimate of drug-likeness (QED) is 0.769. The van der Waals surface area contributed by atoms with Crippen LogP contribution in [0.3, 0.4) is 0 Å². The summed E-state index contributed by atoms with van der Waals surface area (Å²) in [5.74, 6) is 0.0695. The summed E-state index contributed by atoms with van der Waals surface area (Å²) < 4.78 is 38.5. The zero-order valence-electron chi connectivity index (χ0n) is 14.6. The maximum absolute atomic E-state index is 12.8. The fourth-order valence-electron chi connectivity index (χ4n) is 3.31. The number of anilines is 1. The number of rotatable bonds is 3. The van der Waals surface area contributed by atoms with E-state index in [-0.39, 0.29) is 17.2 Å². The molecular formula is C18H20F3N3O2. The molecule has 8 heteroatoms. The van der Waals surface area contributed by atoms with E-state index in [1.54, 1.807) is 19.9 Å². The third-order valence-corrected chi connectivity index (χ3v) is 4.60. The normalized spacial score (nSPS) is 22.8. The second kappa shape index (κ2) is 6.12. The standard InChI is InChI=1S/C18H20F3N3O2/c1-9-4-11(18(19,20)21)6-14(25)15(9)13-5-10(2)16(24-23-13)22-12-7-17(3,26)8-12/h4-6,12,25-26H,7-8H2,1-3H3,(H,22,24)/t12-,17+. The summed E-state index contributed by atoms with van der Waals surface area (Å²) in [7, 11) is 0. The van der Waals surface area contributed by atoms with Gasteiger partial charge in [0.25, 0.3) is 0 Å². The van der Waals surface area contributed by atoms with Gasteiger partial charge in [0.05, 0.1) is 16.9 Å². The van der Waals surface area contributed by atoms with E-state index in [1.807, 2.05) is 0 Å². The SMILES string of the molecule is Cc1cc(-c2c(C)cc(C(F)(F)F)cc2O)nnc1N[C@H]1C[C@@](C)(O)C1. The topological polar surface area (TPSA) is 78.3 Å². The average molecular weight is 367 g/mol. The van der Waals surface area contributed by atoms with E-state index >= 15 is 0 Å². The van der Waals surface area contributed by atoms with Crippen LogP contribution in [0.1, 0.15) is 36.5 Å². The number of halogens is 3. The van der Waals surface area contributed by atoms with Crippen LogP contribution in [0.5, 0.6) is 5.75 Å². The lowest BCUT2D eigenvalue weighted by Gasteiger charge is -2.41. The van der Waals surface area contributed by atoms with Crippen LogP contribution < -0.4 is 5.32 Å². The van der Waals surface area contributed by atoms with Crippen molar-refractivity contribution in [2.24, 2.45) is 0 Å². The summed E-state index contributed by atoms with van der Waals surface area (Å²) in [5.41, 5.74) is -0.0235. The summed E-state index contributed by atoms with van der Waals surface area (Å²) in [4.78, 5) is 0. The van der Waals surface area contributed by atoms with E-state index in [0.717, 1.165) is 11.6 Å². The Kier molecular flexibility index (Phi) is 4.34. The minimum Gasteiger partial charge on any atom is -0.507 e. The number of alkyl halides is 3. The maximum atomic E-state index is 12.8. The van der Waals surface area contributed by atoms with E-state index in [1.165, 1.54) is 6.92 Å². The number of aromatic nitrogens is 2. The van der Waals surface area contributed by atoms with Gasteiger partial charge in [0.15, 0.2) is 5.82 Å². The third-order valence-electron chi connectivity index (χ3n) is 4.60. The van der Waals surface area contributed by atoms with Gasteiger partial charge in [-0.1, -0.05) is 0 Å². The van der Waals surface area contributed by atoms with Gasteiger partial charge < -0.3 is 15.5 Å². The Morgan fingerprint density at radius 1 is 1.12 bits per heavy atom. The molecule has 1 saturated carbocycles. The molecule has 3 N–H and O–H groups in total. The fraction of sp³-hybridized carbons (Fsp3) is 0.444. The van der Waals surface area contributed by atoms with Crippen molar-refractivity contribution in [3.8, 4) is 17.0 Å². The maximum Gasteiger partial charge on any atom is 0.416 e. The predicted molar refractivity (Wildman–Crippen MR) is 90.9 cm³/mol. The van der Waals surface area contributed by atoms with Crippen molar-refractivity contribution < 1.29 is 23.4 Å². The average Bonchev–Trinajstić information content (AvgIpc) is 2.46. The summed E-state index contributed by atoms with van der Waals surface area (Å²) in [5, 5.41) is 31.2. The van der Waals surface area contributed by atoms with Crippen LogP contribution in [0, 0.1) is 13.8 Å². The Morgan fingerprint density at radius 3 is 2.27 bits per heavy atom. The van der Waals surface area contributed by atoms with Crippen LogP contribution in [0.4, 0.5) is 19.0 Å². The molecule has 0 bridgehead atoms. The molecule has 1 aromatic carbocycles. The van der Waals surface area contributed by atoms with Gasteiger partial charge in [0.2, 0.25) is 0 Å². The first-order valence-corrected chi connectivity index (χ1v) is 8.21. The molecule has 1 aliphatic rings. The van der Waals surface area contributed by atoms with Crippen molar-refractivity contribution in [2.75, 3.05) is 5.32 Å². The number of aromatic hydroxyl groups is 1. The summed E-state index contributed by atoms with van der Waals surface area (Å²) in [6.45, 7) is 5.06. The first-order valence-electron chi connectivity index (χ1n) is 8.21.